The number of amides is 2. The molecule has 0 bridgehead atoms. The molecule has 1 unspecified atom stereocenters. The highest BCUT2D eigenvalue weighted by Gasteiger charge is 2.31. The molecule has 0 aromatic heterocycles. The van der Waals surface area contributed by atoms with E-state index in [4.69, 9.17) is 23.2 Å². The number of benzene rings is 4. The first-order valence-corrected chi connectivity index (χ1v) is 13.0. The van der Waals surface area contributed by atoms with Gasteiger partial charge in [-0.3, -0.25) is 9.59 Å². The van der Waals surface area contributed by atoms with Gasteiger partial charge in [0, 0.05) is 29.6 Å². The summed E-state index contributed by atoms with van der Waals surface area (Å²) in [6.45, 7) is 0.309. The van der Waals surface area contributed by atoms with Crippen LogP contribution in [0.4, 0.5) is 4.39 Å². The third-order valence-corrected chi connectivity index (χ3v) is 6.79. The van der Waals surface area contributed by atoms with Crippen molar-refractivity contribution in [3.8, 4) is 0 Å². The van der Waals surface area contributed by atoms with Crippen molar-refractivity contribution >= 4 is 35.0 Å². The number of carbonyl (C=O) groups excluding carboxylic acids is 2. The second-order valence-electron chi connectivity index (χ2n) is 8.90. The van der Waals surface area contributed by atoms with Crippen LogP contribution >= 0.6 is 23.2 Å². The zero-order valence-corrected chi connectivity index (χ0v) is 22.1. The lowest BCUT2D eigenvalue weighted by atomic mass is 10.0. The van der Waals surface area contributed by atoms with Crippen LogP contribution in [0.25, 0.3) is 0 Å². The first kappa shape index (κ1) is 27.4. The van der Waals surface area contributed by atoms with Crippen LogP contribution < -0.4 is 5.32 Å². The van der Waals surface area contributed by atoms with Crippen molar-refractivity contribution in [3.05, 3.63) is 141 Å². The Balaban J connectivity index is 1.63. The van der Waals surface area contributed by atoms with E-state index in [1.807, 2.05) is 60.7 Å². The molecule has 38 heavy (non-hydrogen) atoms. The Morgan fingerprint density at radius 1 is 0.816 bits per heavy atom. The van der Waals surface area contributed by atoms with Gasteiger partial charge in [0.15, 0.2) is 0 Å². The maximum Gasteiger partial charge on any atom is 0.247 e. The highest BCUT2D eigenvalue weighted by atomic mass is 35.5. The van der Waals surface area contributed by atoms with Crippen LogP contribution in [0.3, 0.4) is 0 Å². The summed E-state index contributed by atoms with van der Waals surface area (Å²) < 4.78 is 13.6. The maximum atomic E-state index is 13.7. The zero-order chi connectivity index (χ0) is 26.9. The first-order chi connectivity index (χ1) is 18.4. The Morgan fingerprint density at radius 2 is 1.47 bits per heavy atom. The minimum absolute atomic E-state index is 0.141. The molecule has 7 heteroatoms. The van der Waals surface area contributed by atoms with Crippen LogP contribution in [-0.2, 0) is 29.1 Å². The van der Waals surface area contributed by atoms with Crippen LogP contribution in [0.2, 0.25) is 10.0 Å². The van der Waals surface area contributed by atoms with Crippen molar-refractivity contribution < 1.29 is 14.0 Å². The predicted octanol–water partition coefficient (Wildman–Crippen LogP) is 7.15. The van der Waals surface area contributed by atoms with Gasteiger partial charge in [0.1, 0.15) is 11.9 Å². The van der Waals surface area contributed by atoms with Crippen LogP contribution in [0.15, 0.2) is 103 Å². The molecule has 0 saturated carbocycles. The van der Waals surface area contributed by atoms with Crippen molar-refractivity contribution in [2.24, 2.45) is 0 Å². The van der Waals surface area contributed by atoms with Gasteiger partial charge >= 0.3 is 0 Å². The van der Waals surface area contributed by atoms with Crippen molar-refractivity contribution in [3.63, 3.8) is 0 Å². The van der Waals surface area contributed by atoms with Gasteiger partial charge in [0.25, 0.3) is 0 Å². The van der Waals surface area contributed by atoms with E-state index >= 15 is 0 Å². The van der Waals surface area contributed by atoms with Crippen LogP contribution in [0, 0.1) is 5.82 Å². The Bertz CT molecular complexity index is 1370. The molecule has 1 atom stereocenters. The summed E-state index contributed by atoms with van der Waals surface area (Å²) in [4.78, 5) is 29.0. The number of halogens is 3. The molecule has 4 nitrogen and oxygen atoms in total. The average molecular weight is 549 g/mol. The van der Waals surface area contributed by atoms with E-state index in [-0.39, 0.29) is 37.1 Å². The SMILES string of the molecule is O=C(NCc1ccc(Cl)cc1Cl)C(c1ccccc1)N(Cc1ccc(F)cc1)C(=O)CCc1ccccc1. The molecule has 2 amide bonds. The van der Waals surface area contributed by atoms with Gasteiger partial charge in [-0.1, -0.05) is 102 Å². The lowest BCUT2D eigenvalue weighted by Gasteiger charge is -2.32. The number of nitrogens with zero attached hydrogens (tertiary/aromatic N) is 1. The molecule has 4 rings (SSSR count). The van der Waals surface area contributed by atoms with E-state index in [2.05, 4.69) is 5.32 Å². The molecule has 1 N–H and O–H groups in total. The highest BCUT2D eigenvalue weighted by Crippen LogP contribution is 2.26. The normalized spacial score (nSPS) is 11.6. The van der Waals surface area contributed by atoms with Crippen molar-refractivity contribution in [1.82, 2.24) is 10.2 Å². The summed E-state index contributed by atoms with van der Waals surface area (Å²) in [5, 5.41) is 3.88. The molecule has 0 heterocycles. The predicted molar refractivity (Wildman–Crippen MR) is 149 cm³/mol. The third kappa shape index (κ3) is 7.44. The second kappa shape index (κ2) is 13.2. The second-order valence-corrected chi connectivity index (χ2v) is 9.74. The molecular formula is C31H27Cl2FN2O2. The number of hydrogen-bond acceptors (Lipinski definition) is 2. The number of carbonyl (C=O) groups is 2. The molecule has 4 aromatic rings. The molecule has 0 radical (unpaired) electrons. The minimum Gasteiger partial charge on any atom is -0.350 e. The number of hydrogen-bond donors (Lipinski definition) is 1. The fraction of sp³-hybridized carbons (Fsp3) is 0.161. The van der Waals surface area contributed by atoms with Gasteiger partial charge in [-0.25, -0.2) is 4.39 Å². The quantitative estimate of drug-likeness (QED) is 0.228. The largest absolute Gasteiger partial charge is 0.350 e. The van der Waals surface area contributed by atoms with E-state index < -0.39 is 6.04 Å². The molecule has 0 fully saturated rings. The van der Waals surface area contributed by atoms with Crippen LogP contribution in [-0.4, -0.2) is 16.7 Å². The molecular weight excluding hydrogens is 522 g/mol. The monoisotopic (exact) mass is 548 g/mol. The van der Waals surface area contributed by atoms with E-state index in [1.165, 1.54) is 12.1 Å². The van der Waals surface area contributed by atoms with Gasteiger partial charge in [-0.15, -0.1) is 0 Å². The molecule has 0 aliphatic heterocycles. The lowest BCUT2D eigenvalue weighted by molar-refractivity contribution is -0.141. The van der Waals surface area contributed by atoms with Gasteiger partial charge in [-0.05, 0) is 52.9 Å². The van der Waals surface area contributed by atoms with Crippen molar-refractivity contribution in [2.75, 3.05) is 0 Å². The molecule has 0 spiro atoms. The average Bonchev–Trinajstić information content (AvgIpc) is 2.93. The highest BCUT2D eigenvalue weighted by molar-refractivity contribution is 6.35. The number of rotatable bonds is 10. The molecule has 0 aliphatic carbocycles. The summed E-state index contributed by atoms with van der Waals surface area (Å²) in [5.41, 5.74) is 3.12. The van der Waals surface area contributed by atoms with Gasteiger partial charge < -0.3 is 10.2 Å². The smallest absolute Gasteiger partial charge is 0.247 e. The van der Waals surface area contributed by atoms with E-state index in [9.17, 15) is 14.0 Å². The van der Waals surface area contributed by atoms with Gasteiger partial charge in [-0.2, -0.15) is 0 Å². The Kier molecular flexibility index (Phi) is 9.52. The van der Waals surface area contributed by atoms with E-state index in [0.717, 1.165) is 5.56 Å². The molecule has 4 aromatic carbocycles. The Labute approximate surface area is 232 Å². The van der Waals surface area contributed by atoms with Crippen LogP contribution in [0.1, 0.15) is 34.7 Å². The third-order valence-electron chi connectivity index (χ3n) is 6.20. The minimum atomic E-state index is -0.907. The fourth-order valence-electron chi connectivity index (χ4n) is 4.20. The lowest BCUT2D eigenvalue weighted by Crippen LogP contribution is -2.43. The summed E-state index contributed by atoms with van der Waals surface area (Å²) in [5.74, 6) is -0.906. The van der Waals surface area contributed by atoms with Crippen LogP contribution in [0.5, 0.6) is 0 Å². The van der Waals surface area contributed by atoms with Gasteiger partial charge in [0.05, 0.1) is 0 Å². The van der Waals surface area contributed by atoms with Crippen molar-refractivity contribution in [1.29, 1.82) is 0 Å². The van der Waals surface area contributed by atoms with E-state index in [1.54, 1.807) is 35.2 Å². The standard InChI is InChI=1S/C31H27Cl2FN2O2/c32-26-15-14-25(28(33)19-26)20-35-31(38)30(24-9-5-2-6-10-24)36(21-23-11-16-27(34)17-12-23)29(37)18-13-22-7-3-1-4-8-22/h1-12,14-17,19,30H,13,18,20-21H2,(H,35,38). The van der Waals surface area contributed by atoms with Crippen molar-refractivity contribution in [2.45, 2.75) is 32.0 Å². The first-order valence-electron chi connectivity index (χ1n) is 12.2. The summed E-state index contributed by atoms with van der Waals surface area (Å²) in [6.07, 6.45) is 0.744. The summed E-state index contributed by atoms with van der Waals surface area (Å²) >= 11 is 12.3. The molecule has 0 aliphatic rings. The Morgan fingerprint density at radius 3 is 2.13 bits per heavy atom. The number of aryl methyl sites for hydroxylation is 1. The summed E-state index contributed by atoms with van der Waals surface area (Å²) in [7, 11) is 0. The number of nitrogens with one attached hydrogen (secondary N) is 1. The zero-order valence-electron chi connectivity index (χ0n) is 20.6. The topological polar surface area (TPSA) is 49.4 Å². The Hall–Kier alpha value is -3.67. The molecule has 0 saturated heterocycles. The molecule has 194 valence electrons. The van der Waals surface area contributed by atoms with Gasteiger partial charge in [0.2, 0.25) is 11.8 Å². The fourth-order valence-corrected chi connectivity index (χ4v) is 4.68. The summed E-state index contributed by atoms with van der Waals surface area (Å²) in [6, 6.07) is 29.0. The van der Waals surface area contributed by atoms with E-state index in [0.29, 0.717) is 33.2 Å². The maximum absolute atomic E-state index is 13.7.